The van der Waals surface area contributed by atoms with Crippen LogP contribution in [0.25, 0.3) is 6.08 Å². The van der Waals surface area contributed by atoms with E-state index in [-0.39, 0.29) is 16.9 Å². The predicted molar refractivity (Wildman–Crippen MR) is 175 cm³/mol. The monoisotopic (exact) mass is 633 g/mol. The fourth-order valence-electron chi connectivity index (χ4n) is 3.99. The summed E-state index contributed by atoms with van der Waals surface area (Å²) in [5.41, 5.74) is 1.83. The number of anilines is 2. The molecule has 10 heteroatoms. The molecule has 0 aliphatic heterocycles. The Labute approximate surface area is 264 Å². The topological polar surface area (TPSA) is 96.5 Å². The highest BCUT2D eigenvalue weighted by Crippen LogP contribution is 2.30. The van der Waals surface area contributed by atoms with Crippen molar-refractivity contribution in [3.8, 4) is 5.75 Å². The number of thioether (sulfide) groups is 1. The third-order valence-corrected chi connectivity index (χ3v) is 8.21. The van der Waals surface area contributed by atoms with E-state index in [4.69, 9.17) is 27.9 Å². The Morgan fingerprint density at radius 3 is 2.16 bits per heavy atom. The van der Waals surface area contributed by atoms with E-state index in [1.54, 1.807) is 98.1 Å². The first kappa shape index (κ1) is 31.7. The van der Waals surface area contributed by atoms with Gasteiger partial charge in [0.25, 0.3) is 11.8 Å². The Hall–Kier alpha value is -4.24. The van der Waals surface area contributed by atoms with Crippen molar-refractivity contribution in [2.75, 3.05) is 17.7 Å². The molecule has 0 bridgehead atoms. The third kappa shape index (κ3) is 8.88. The lowest BCUT2D eigenvalue weighted by Crippen LogP contribution is -2.30. The molecule has 0 radical (unpaired) electrons. The lowest BCUT2D eigenvalue weighted by atomic mass is 10.1. The first-order valence-electron chi connectivity index (χ1n) is 13.3. The number of amides is 3. The van der Waals surface area contributed by atoms with Gasteiger partial charge >= 0.3 is 0 Å². The smallest absolute Gasteiger partial charge is 0.272 e. The van der Waals surface area contributed by atoms with Gasteiger partial charge in [-0.15, -0.1) is 11.8 Å². The van der Waals surface area contributed by atoms with Crippen LogP contribution >= 0.6 is 35.0 Å². The third-order valence-electron chi connectivity index (χ3n) is 6.19. The van der Waals surface area contributed by atoms with Gasteiger partial charge in [0.05, 0.1) is 12.4 Å². The van der Waals surface area contributed by atoms with Crippen LogP contribution in [-0.4, -0.2) is 30.1 Å². The van der Waals surface area contributed by atoms with Gasteiger partial charge in [-0.25, -0.2) is 0 Å². The van der Waals surface area contributed by atoms with Crippen LogP contribution in [0.1, 0.15) is 29.3 Å². The SMILES string of the molecule is CCC(Sc1cccc(NC(=O)/C(=C\c2c(Cl)cccc2Cl)NC(=O)c2ccccc2)c1)C(=O)Nc1cccc(OC)c1. The number of methoxy groups -OCH3 is 1. The maximum absolute atomic E-state index is 13.5. The zero-order valence-electron chi connectivity index (χ0n) is 23.4. The Bertz CT molecular complexity index is 1630. The molecule has 1 unspecified atom stereocenters. The molecular formula is C33H29Cl2N3O4S. The quantitative estimate of drug-likeness (QED) is 0.115. The number of benzene rings is 4. The van der Waals surface area contributed by atoms with E-state index in [9.17, 15) is 14.4 Å². The minimum atomic E-state index is -0.578. The van der Waals surface area contributed by atoms with E-state index >= 15 is 0 Å². The van der Waals surface area contributed by atoms with E-state index in [0.717, 1.165) is 4.90 Å². The first-order valence-corrected chi connectivity index (χ1v) is 15.0. The van der Waals surface area contributed by atoms with Crippen LogP contribution in [0.5, 0.6) is 5.75 Å². The van der Waals surface area contributed by atoms with Crippen LogP contribution in [-0.2, 0) is 9.59 Å². The highest BCUT2D eigenvalue weighted by Gasteiger charge is 2.20. The highest BCUT2D eigenvalue weighted by molar-refractivity contribution is 8.00. The molecule has 3 amide bonds. The van der Waals surface area contributed by atoms with Crippen molar-refractivity contribution in [3.05, 3.63) is 124 Å². The van der Waals surface area contributed by atoms with Crippen molar-refractivity contribution < 1.29 is 19.1 Å². The van der Waals surface area contributed by atoms with Crippen LogP contribution in [0.3, 0.4) is 0 Å². The summed E-state index contributed by atoms with van der Waals surface area (Å²) in [7, 11) is 1.57. The molecule has 43 heavy (non-hydrogen) atoms. The minimum Gasteiger partial charge on any atom is -0.497 e. The maximum Gasteiger partial charge on any atom is 0.272 e. The molecule has 4 rings (SSSR count). The van der Waals surface area contributed by atoms with E-state index in [1.807, 2.05) is 13.0 Å². The van der Waals surface area contributed by atoms with E-state index in [0.29, 0.717) is 44.7 Å². The second-order valence-electron chi connectivity index (χ2n) is 9.23. The van der Waals surface area contributed by atoms with Crippen molar-refractivity contribution in [2.45, 2.75) is 23.5 Å². The summed E-state index contributed by atoms with van der Waals surface area (Å²) in [4.78, 5) is 40.3. The summed E-state index contributed by atoms with van der Waals surface area (Å²) in [6.45, 7) is 1.93. The molecule has 0 aliphatic carbocycles. The van der Waals surface area contributed by atoms with Crippen molar-refractivity contribution in [2.24, 2.45) is 0 Å². The summed E-state index contributed by atoms with van der Waals surface area (Å²) in [6, 6.07) is 27.8. The number of nitrogens with one attached hydrogen (secondary N) is 3. The number of rotatable bonds is 11. The number of carbonyl (C=O) groups excluding carboxylic acids is 3. The normalized spacial score (nSPS) is 11.8. The van der Waals surface area contributed by atoms with Crippen molar-refractivity contribution in [1.82, 2.24) is 5.32 Å². The molecule has 7 nitrogen and oxygen atoms in total. The minimum absolute atomic E-state index is 0.0500. The van der Waals surface area contributed by atoms with E-state index in [1.165, 1.54) is 17.8 Å². The van der Waals surface area contributed by atoms with E-state index in [2.05, 4.69) is 16.0 Å². The summed E-state index contributed by atoms with van der Waals surface area (Å²) in [6.07, 6.45) is 2.02. The molecule has 0 saturated heterocycles. The zero-order chi connectivity index (χ0) is 30.8. The maximum atomic E-state index is 13.5. The average Bonchev–Trinajstić information content (AvgIpc) is 3.01. The van der Waals surface area contributed by atoms with Gasteiger partial charge < -0.3 is 20.7 Å². The van der Waals surface area contributed by atoms with Crippen molar-refractivity contribution in [1.29, 1.82) is 0 Å². The van der Waals surface area contributed by atoms with Gasteiger partial charge in [-0.05, 0) is 67.1 Å². The summed E-state index contributed by atoms with van der Waals surface area (Å²) >= 11 is 14.1. The fourth-order valence-corrected chi connectivity index (χ4v) is 5.51. The molecule has 220 valence electrons. The Morgan fingerprint density at radius 2 is 1.49 bits per heavy atom. The molecular weight excluding hydrogens is 605 g/mol. The summed E-state index contributed by atoms with van der Waals surface area (Å²) in [5, 5.41) is 8.71. The second kappa shape index (κ2) is 15.3. The van der Waals surface area contributed by atoms with Gasteiger partial charge in [0.15, 0.2) is 0 Å². The lowest BCUT2D eigenvalue weighted by Gasteiger charge is -2.16. The molecule has 3 N–H and O–H groups in total. The van der Waals surface area contributed by atoms with E-state index < -0.39 is 11.8 Å². The Morgan fingerprint density at radius 1 is 0.837 bits per heavy atom. The molecule has 4 aromatic carbocycles. The standard InChI is InChI=1S/C33H29Cl2N3O4S/c1-3-30(33(41)37-22-12-7-14-24(18-22)42-2)43-25-15-8-13-23(19-25)36-32(40)29(20-26-27(34)16-9-17-28(26)35)38-31(39)21-10-5-4-6-11-21/h4-20,30H,3H2,1-2H3,(H,36,40)(H,37,41)(H,38,39)/b29-20+. The molecule has 0 saturated carbocycles. The predicted octanol–water partition coefficient (Wildman–Crippen LogP) is 7.92. The van der Waals surface area contributed by atoms with Crippen molar-refractivity contribution in [3.63, 3.8) is 0 Å². The molecule has 0 aliphatic rings. The molecule has 4 aromatic rings. The Balaban J connectivity index is 1.52. The number of hydrogen-bond acceptors (Lipinski definition) is 5. The molecule has 0 heterocycles. The Kier molecular flexibility index (Phi) is 11.3. The molecule has 1 atom stereocenters. The number of ether oxygens (including phenoxy) is 1. The first-order chi connectivity index (χ1) is 20.8. The largest absolute Gasteiger partial charge is 0.497 e. The summed E-state index contributed by atoms with van der Waals surface area (Å²) in [5.74, 6) is -0.555. The lowest BCUT2D eigenvalue weighted by molar-refractivity contribution is -0.116. The summed E-state index contributed by atoms with van der Waals surface area (Å²) < 4.78 is 5.24. The van der Waals surface area contributed by atoms with Gasteiger partial charge in [0.2, 0.25) is 5.91 Å². The zero-order valence-corrected chi connectivity index (χ0v) is 25.7. The molecule has 0 fully saturated rings. The molecule has 0 aromatic heterocycles. The molecule has 0 spiro atoms. The second-order valence-corrected chi connectivity index (χ2v) is 11.3. The van der Waals surface area contributed by atoms with Gasteiger partial charge in [-0.1, -0.05) is 66.5 Å². The van der Waals surface area contributed by atoms with Crippen LogP contribution in [0, 0.1) is 0 Å². The van der Waals surface area contributed by atoms with Crippen LogP contribution in [0.4, 0.5) is 11.4 Å². The average molecular weight is 635 g/mol. The van der Waals surface area contributed by atoms with Crippen LogP contribution in [0.15, 0.2) is 108 Å². The highest BCUT2D eigenvalue weighted by atomic mass is 35.5. The number of halogens is 2. The van der Waals surface area contributed by atoms with Gasteiger partial charge in [-0.2, -0.15) is 0 Å². The van der Waals surface area contributed by atoms with Crippen molar-refractivity contribution >= 4 is 70.1 Å². The van der Waals surface area contributed by atoms with Gasteiger partial charge in [-0.3, -0.25) is 14.4 Å². The van der Waals surface area contributed by atoms with Crippen LogP contribution < -0.4 is 20.7 Å². The van der Waals surface area contributed by atoms with Crippen LogP contribution in [0.2, 0.25) is 10.0 Å². The number of hydrogen-bond donors (Lipinski definition) is 3. The van der Waals surface area contributed by atoms with Gasteiger partial charge in [0, 0.05) is 43.5 Å². The number of carbonyl (C=O) groups is 3. The fraction of sp³-hybridized carbons (Fsp3) is 0.121. The van der Waals surface area contributed by atoms with Gasteiger partial charge in [0.1, 0.15) is 11.4 Å².